The Morgan fingerprint density at radius 1 is 1.00 bits per heavy atom. The highest BCUT2D eigenvalue weighted by molar-refractivity contribution is 4.88. The third-order valence-corrected chi connectivity index (χ3v) is 4.84. The summed E-state index contributed by atoms with van der Waals surface area (Å²) in [5, 5.41) is 3.94. The van der Waals surface area contributed by atoms with E-state index in [0.29, 0.717) is 12.1 Å². The van der Waals surface area contributed by atoms with E-state index < -0.39 is 0 Å². The van der Waals surface area contributed by atoms with Crippen molar-refractivity contribution in [2.24, 2.45) is 17.6 Å². The number of nitrogens with two attached hydrogens (primary N) is 1. The fourth-order valence-corrected chi connectivity index (χ4v) is 3.85. The van der Waals surface area contributed by atoms with E-state index >= 15 is 0 Å². The zero-order chi connectivity index (χ0) is 12.3. The first-order valence-corrected chi connectivity index (χ1v) is 7.68. The van der Waals surface area contributed by atoms with Crippen LogP contribution in [0.1, 0.15) is 65.2 Å². The predicted molar refractivity (Wildman–Crippen MR) is 74.0 cm³/mol. The molecule has 0 aliphatic heterocycles. The predicted octanol–water partition coefficient (Wildman–Crippen LogP) is 3.06. The third-order valence-electron chi connectivity index (χ3n) is 4.84. The maximum Gasteiger partial charge on any atom is 0.0100 e. The van der Waals surface area contributed by atoms with Gasteiger partial charge in [-0.3, -0.25) is 0 Å². The van der Waals surface area contributed by atoms with Crippen LogP contribution in [0.25, 0.3) is 0 Å². The van der Waals surface area contributed by atoms with Gasteiger partial charge in [0.25, 0.3) is 0 Å². The van der Waals surface area contributed by atoms with Gasteiger partial charge in [0.1, 0.15) is 0 Å². The molecular weight excluding hydrogens is 208 g/mol. The van der Waals surface area contributed by atoms with E-state index in [9.17, 15) is 0 Å². The average molecular weight is 238 g/mol. The Kier molecular flexibility index (Phi) is 4.87. The zero-order valence-corrected chi connectivity index (χ0v) is 11.6. The monoisotopic (exact) mass is 238 g/mol. The molecule has 0 saturated heterocycles. The second-order valence-corrected chi connectivity index (χ2v) is 6.59. The minimum absolute atomic E-state index is 0.447. The first-order valence-electron chi connectivity index (χ1n) is 7.68. The van der Waals surface area contributed by atoms with Crippen LogP contribution in [0.5, 0.6) is 0 Å². The lowest BCUT2D eigenvalue weighted by molar-refractivity contribution is 0.177. The van der Waals surface area contributed by atoms with Gasteiger partial charge in [-0.25, -0.2) is 0 Å². The Hall–Kier alpha value is -0.0800. The molecule has 2 nitrogen and oxygen atoms in total. The molecule has 0 bridgehead atoms. The molecule has 0 radical (unpaired) electrons. The number of hydrogen-bond acceptors (Lipinski definition) is 2. The highest BCUT2D eigenvalue weighted by Crippen LogP contribution is 2.31. The number of rotatable bonds is 3. The second-order valence-electron chi connectivity index (χ2n) is 6.59. The van der Waals surface area contributed by atoms with Crippen LogP contribution in [0, 0.1) is 11.8 Å². The summed E-state index contributed by atoms with van der Waals surface area (Å²) in [6.45, 7) is 4.77. The molecule has 2 aliphatic carbocycles. The van der Waals surface area contributed by atoms with Gasteiger partial charge >= 0.3 is 0 Å². The van der Waals surface area contributed by atoms with Gasteiger partial charge in [-0.15, -0.1) is 0 Å². The smallest absolute Gasteiger partial charge is 0.0100 e. The van der Waals surface area contributed by atoms with Crippen LogP contribution >= 0.6 is 0 Å². The SMILES string of the molecule is CC(C)C1CCCCC1NC1CCCC(N)C1. The van der Waals surface area contributed by atoms with Gasteiger partial charge in [0.2, 0.25) is 0 Å². The lowest BCUT2D eigenvalue weighted by atomic mass is 9.77. The molecule has 2 fully saturated rings. The quantitative estimate of drug-likeness (QED) is 0.793. The summed E-state index contributed by atoms with van der Waals surface area (Å²) in [5.41, 5.74) is 6.08. The summed E-state index contributed by atoms with van der Waals surface area (Å²) < 4.78 is 0. The lowest BCUT2D eigenvalue weighted by Gasteiger charge is -2.39. The second kappa shape index (κ2) is 6.19. The molecule has 0 aromatic heterocycles. The van der Waals surface area contributed by atoms with Gasteiger partial charge in [-0.2, -0.15) is 0 Å². The Balaban J connectivity index is 1.86. The van der Waals surface area contributed by atoms with Crippen LogP contribution in [0.15, 0.2) is 0 Å². The third kappa shape index (κ3) is 3.69. The van der Waals surface area contributed by atoms with Crippen molar-refractivity contribution in [1.82, 2.24) is 5.32 Å². The summed E-state index contributed by atoms with van der Waals surface area (Å²) in [7, 11) is 0. The maximum absolute atomic E-state index is 6.08. The standard InChI is InChI=1S/C15H30N2/c1-11(2)14-8-3-4-9-15(14)17-13-7-5-6-12(16)10-13/h11-15,17H,3-10,16H2,1-2H3. The van der Waals surface area contributed by atoms with Gasteiger partial charge in [-0.05, 0) is 43.9 Å². The zero-order valence-electron chi connectivity index (χ0n) is 11.6. The van der Waals surface area contributed by atoms with E-state index in [1.165, 1.54) is 51.4 Å². The number of hydrogen-bond donors (Lipinski definition) is 2. The van der Waals surface area contributed by atoms with Crippen LogP contribution in [0.2, 0.25) is 0 Å². The fraction of sp³-hybridized carbons (Fsp3) is 1.00. The Morgan fingerprint density at radius 2 is 1.76 bits per heavy atom. The molecule has 100 valence electrons. The molecule has 2 aliphatic rings. The lowest BCUT2D eigenvalue weighted by Crippen LogP contribution is -2.49. The van der Waals surface area contributed by atoms with E-state index in [4.69, 9.17) is 5.73 Å². The molecule has 0 aromatic rings. The van der Waals surface area contributed by atoms with Crippen LogP contribution in [-0.2, 0) is 0 Å². The molecular formula is C15H30N2. The van der Waals surface area contributed by atoms with Crippen molar-refractivity contribution >= 4 is 0 Å². The van der Waals surface area contributed by atoms with E-state index in [1.54, 1.807) is 0 Å². The molecule has 3 N–H and O–H groups in total. The Bertz CT molecular complexity index is 227. The first kappa shape index (κ1) is 13.4. The van der Waals surface area contributed by atoms with Gasteiger partial charge < -0.3 is 11.1 Å². The van der Waals surface area contributed by atoms with E-state index in [0.717, 1.165) is 17.9 Å². The largest absolute Gasteiger partial charge is 0.328 e. The van der Waals surface area contributed by atoms with E-state index in [-0.39, 0.29) is 0 Å². The van der Waals surface area contributed by atoms with Gasteiger partial charge in [0, 0.05) is 18.1 Å². The van der Waals surface area contributed by atoms with Crippen molar-refractivity contribution in [3.8, 4) is 0 Å². The summed E-state index contributed by atoms with van der Waals surface area (Å²) in [5.74, 6) is 1.71. The van der Waals surface area contributed by atoms with Crippen molar-refractivity contribution in [1.29, 1.82) is 0 Å². The molecule has 4 atom stereocenters. The molecule has 0 spiro atoms. The summed E-state index contributed by atoms with van der Waals surface area (Å²) in [6, 6.07) is 1.91. The normalized spacial score (nSPS) is 39.5. The van der Waals surface area contributed by atoms with Gasteiger partial charge in [-0.1, -0.05) is 33.1 Å². The van der Waals surface area contributed by atoms with E-state index in [2.05, 4.69) is 19.2 Å². The molecule has 2 rings (SSSR count). The van der Waals surface area contributed by atoms with Crippen LogP contribution < -0.4 is 11.1 Å². The van der Waals surface area contributed by atoms with Crippen molar-refractivity contribution in [2.75, 3.05) is 0 Å². The van der Waals surface area contributed by atoms with Crippen molar-refractivity contribution in [3.05, 3.63) is 0 Å². The van der Waals surface area contributed by atoms with Gasteiger partial charge in [0.05, 0.1) is 0 Å². The molecule has 4 unspecified atom stereocenters. The summed E-state index contributed by atoms with van der Waals surface area (Å²) >= 11 is 0. The van der Waals surface area contributed by atoms with Crippen molar-refractivity contribution < 1.29 is 0 Å². The van der Waals surface area contributed by atoms with E-state index in [1.807, 2.05) is 0 Å². The molecule has 0 aromatic carbocycles. The minimum atomic E-state index is 0.447. The topological polar surface area (TPSA) is 38.0 Å². The van der Waals surface area contributed by atoms with Crippen molar-refractivity contribution in [3.63, 3.8) is 0 Å². The summed E-state index contributed by atoms with van der Waals surface area (Å²) in [6.07, 6.45) is 10.7. The van der Waals surface area contributed by atoms with Crippen LogP contribution in [0.3, 0.4) is 0 Å². The number of nitrogens with one attached hydrogen (secondary N) is 1. The minimum Gasteiger partial charge on any atom is -0.328 e. The van der Waals surface area contributed by atoms with Crippen molar-refractivity contribution in [2.45, 2.75) is 83.3 Å². The van der Waals surface area contributed by atoms with Crippen LogP contribution in [0.4, 0.5) is 0 Å². The van der Waals surface area contributed by atoms with Gasteiger partial charge in [0.15, 0.2) is 0 Å². The fourth-order valence-electron chi connectivity index (χ4n) is 3.85. The maximum atomic E-state index is 6.08. The molecule has 0 amide bonds. The highest BCUT2D eigenvalue weighted by atomic mass is 15.0. The highest BCUT2D eigenvalue weighted by Gasteiger charge is 2.30. The Morgan fingerprint density at radius 3 is 2.47 bits per heavy atom. The average Bonchev–Trinajstić information content (AvgIpc) is 2.29. The molecule has 2 saturated carbocycles. The first-order chi connectivity index (χ1) is 8.16. The molecule has 2 heteroatoms. The molecule has 0 heterocycles. The molecule has 17 heavy (non-hydrogen) atoms. The summed E-state index contributed by atoms with van der Waals surface area (Å²) in [4.78, 5) is 0. The Labute approximate surface area is 107 Å². The van der Waals surface area contributed by atoms with Crippen LogP contribution in [-0.4, -0.2) is 18.1 Å².